The van der Waals surface area contributed by atoms with Crippen molar-refractivity contribution in [3.63, 3.8) is 0 Å². The third-order valence-corrected chi connectivity index (χ3v) is 10.2. The number of nitrogens with zero attached hydrogens (tertiary/aromatic N) is 3. The van der Waals surface area contributed by atoms with Crippen molar-refractivity contribution in [3.05, 3.63) is 124 Å². The van der Waals surface area contributed by atoms with Crippen molar-refractivity contribution in [1.82, 2.24) is 4.72 Å². The predicted octanol–water partition coefficient (Wildman–Crippen LogP) is 4.45. The van der Waals surface area contributed by atoms with E-state index >= 15 is 0 Å². The number of amides is 1. The molecule has 0 radical (unpaired) electrons. The van der Waals surface area contributed by atoms with Crippen LogP contribution in [0.3, 0.4) is 0 Å². The van der Waals surface area contributed by atoms with Gasteiger partial charge in [0.1, 0.15) is 0 Å². The Balaban J connectivity index is 1.63. The summed E-state index contributed by atoms with van der Waals surface area (Å²) in [4.78, 5) is 25.4. The lowest BCUT2D eigenvalue weighted by Crippen LogP contribution is -2.51. The minimum Gasteiger partial charge on any atom is -0.306 e. The zero-order valence-electron chi connectivity index (χ0n) is 21.7. The van der Waals surface area contributed by atoms with Crippen molar-refractivity contribution in [2.24, 2.45) is 0 Å². The molecule has 0 saturated heterocycles. The number of nitro groups is 1. The Morgan fingerprint density at radius 1 is 0.833 bits per heavy atom. The molecular formula is C28H23ClN4O7S2. The second-order valence-electron chi connectivity index (χ2n) is 9.28. The molecule has 216 valence electrons. The number of nitro benzene ring substituents is 1. The van der Waals surface area contributed by atoms with E-state index in [1.54, 1.807) is 42.5 Å². The maximum absolute atomic E-state index is 14.2. The van der Waals surface area contributed by atoms with Crippen LogP contribution in [0, 0.1) is 10.1 Å². The SMILES string of the molecule is O=C1c2ccccc2N(S(=O)(=O)c2ccc([N+](=O)[O-])cc2)C(CNS(=O)(=O)c2ccc(Cl)cc2)CN1c1ccccc1. The Kier molecular flexibility index (Phi) is 8.01. The van der Waals surface area contributed by atoms with Crippen LogP contribution >= 0.6 is 11.6 Å². The lowest BCUT2D eigenvalue weighted by Gasteiger charge is -2.33. The number of nitrogens with one attached hydrogen (secondary N) is 1. The van der Waals surface area contributed by atoms with E-state index in [0.717, 1.165) is 28.6 Å². The monoisotopic (exact) mass is 626 g/mol. The molecule has 5 rings (SSSR count). The molecule has 1 atom stereocenters. The number of rotatable bonds is 8. The highest BCUT2D eigenvalue weighted by atomic mass is 35.5. The van der Waals surface area contributed by atoms with E-state index in [9.17, 15) is 31.7 Å². The van der Waals surface area contributed by atoms with Crippen LogP contribution in [0.4, 0.5) is 17.1 Å². The van der Waals surface area contributed by atoms with Gasteiger partial charge in [-0.2, -0.15) is 0 Å². The fourth-order valence-electron chi connectivity index (χ4n) is 4.62. The molecule has 14 heteroatoms. The van der Waals surface area contributed by atoms with Crippen LogP contribution in [0.2, 0.25) is 5.02 Å². The number of sulfonamides is 2. The first-order valence-corrected chi connectivity index (χ1v) is 15.8. The third-order valence-electron chi connectivity index (χ3n) is 6.65. The molecule has 0 spiro atoms. The van der Waals surface area contributed by atoms with Crippen molar-refractivity contribution in [2.75, 3.05) is 22.3 Å². The van der Waals surface area contributed by atoms with Gasteiger partial charge < -0.3 is 4.90 Å². The van der Waals surface area contributed by atoms with Gasteiger partial charge in [-0.3, -0.25) is 19.2 Å². The normalized spacial score (nSPS) is 15.6. The molecule has 1 unspecified atom stereocenters. The average molecular weight is 627 g/mol. The van der Waals surface area contributed by atoms with Crippen LogP contribution in [-0.4, -0.2) is 46.8 Å². The van der Waals surface area contributed by atoms with Gasteiger partial charge in [0.05, 0.1) is 32.0 Å². The maximum atomic E-state index is 14.2. The van der Waals surface area contributed by atoms with Crippen LogP contribution in [0.25, 0.3) is 0 Å². The van der Waals surface area contributed by atoms with E-state index in [-0.39, 0.29) is 33.3 Å². The van der Waals surface area contributed by atoms with Gasteiger partial charge >= 0.3 is 0 Å². The number of carbonyl (C=O) groups is 1. The molecule has 1 heterocycles. The van der Waals surface area contributed by atoms with Gasteiger partial charge in [0.15, 0.2) is 0 Å². The molecule has 11 nitrogen and oxygen atoms in total. The molecule has 1 N–H and O–H groups in total. The largest absolute Gasteiger partial charge is 0.306 e. The van der Waals surface area contributed by atoms with Gasteiger partial charge in [-0.1, -0.05) is 41.9 Å². The van der Waals surface area contributed by atoms with Crippen LogP contribution in [0.1, 0.15) is 10.4 Å². The summed E-state index contributed by atoms with van der Waals surface area (Å²) in [5.74, 6) is -0.483. The van der Waals surface area contributed by atoms with Crippen LogP contribution in [-0.2, 0) is 20.0 Å². The number of non-ortho nitro benzene ring substituents is 1. The summed E-state index contributed by atoms with van der Waals surface area (Å²) >= 11 is 5.91. The molecule has 0 fully saturated rings. The smallest absolute Gasteiger partial charge is 0.269 e. The summed E-state index contributed by atoms with van der Waals surface area (Å²) in [5.41, 5.74) is 0.297. The Hall–Kier alpha value is -4.30. The second-order valence-corrected chi connectivity index (χ2v) is 13.3. The van der Waals surface area contributed by atoms with Crippen molar-refractivity contribution in [2.45, 2.75) is 15.8 Å². The maximum Gasteiger partial charge on any atom is 0.269 e. The van der Waals surface area contributed by atoms with Crippen molar-refractivity contribution in [3.8, 4) is 0 Å². The van der Waals surface area contributed by atoms with Crippen molar-refractivity contribution >= 4 is 54.6 Å². The van der Waals surface area contributed by atoms with Crippen LogP contribution < -0.4 is 13.9 Å². The molecule has 0 aliphatic carbocycles. The first kappa shape index (κ1) is 29.2. The lowest BCUT2D eigenvalue weighted by molar-refractivity contribution is -0.384. The first-order valence-electron chi connectivity index (χ1n) is 12.5. The number of anilines is 2. The molecule has 1 aliphatic rings. The molecular weight excluding hydrogens is 604 g/mol. The van der Waals surface area contributed by atoms with E-state index < -0.39 is 43.5 Å². The number of hydrogen-bond donors (Lipinski definition) is 1. The zero-order chi connectivity index (χ0) is 30.1. The number of hydrogen-bond acceptors (Lipinski definition) is 7. The van der Waals surface area contributed by atoms with Gasteiger partial charge in [0.25, 0.3) is 21.6 Å². The zero-order valence-corrected chi connectivity index (χ0v) is 24.1. The van der Waals surface area contributed by atoms with Gasteiger partial charge in [0.2, 0.25) is 10.0 Å². The number of fused-ring (bicyclic) bond motifs is 1. The fraction of sp³-hybridized carbons (Fsp3) is 0.107. The number of halogens is 1. The highest BCUT2D eigenvalue weighted by Gasteiger charge is 2.40. The summed E-state index contributed by atoms with van der Waals surface area (Å²) in [7, 11) is -8.60. The van der Waals surface area contributed by atoms with Crippen LogP contribution in [0.5, 0.6) is 0 Å². The summed E-state index contributed by atoms with van der Waals surface area (Å²) in [5, 5.41) is 11.5. The molecule has 42 heavy (non-hydrogen) atoms. The van der Waals surface area contributed by atoms with Gasteiger partial charge in [-0.25, -0.2) is 21.6 Å². The van der Waals surface area contributed by atoms with Gasteiger partial charge in [-0.05, 0) is 60.7 Å². The number of para-hydroxylation sites is 2. The summed E-state index contributed by atoms with van der Waals surface area (Å²) < 4.78 is 58.3. The number of benzene rings is 4. The first-order chi connectivity index (χ1) is 20.0. The van der Waals surface area contributed by atoms with Crippen molar-refractivity contribution < 1.29 is 26.6 Å². The number of carbonyl (C=O) groups excluding carboxylic acids is 1. The average Bonchev–Trinajstić information content (AvgIpc) is 3.11. The molecule has 1 aliphatic heterocycles. The van der Waals surface area contributed by atoms with Gasteiger partial charge in [-0.15, -0.1) is 0 Å². The van der Waals surface area contributed by atoms with Crippen LogP contribution in [0.15, 0.2) is 113 Å². The van der Waals surface area contributed by atoms with E-state index in [0.29, 0.717) is 10.7 Å². The minimum absolute atomic E-state index is 0.0370. The lowest BCUT2D eigenvalue weighted by atomic mass is 10.1. The summed E-state index contributed by atoms with van der Waals surface area (Å²) in [6.07, 6.45) is 0. The fourth-order valence-corrected chi connectivity index (χ4v) is 7.47. The van der Waals surface area contributed by atoms with E-state index in [2.05, 4.69) is 4.72 Å². The Labute approximate surface area is 247 Å². The Morgan fingerprint density at radius 2 is 1.43 bits per heavy atom. The molecule has 0 saturated carbocycles. The Bertz CT molecular complexity index is 1850. The topological polar surface area (TPSA) is 147 Å². The molecule has 1 amide bonds. The molecule has 0 aromatic heterocycles. The summed E-state index contributed by atoms with van der Waals surface area (Å²) in [6.45, 7) is -0.630. The second kappa shape index (κ2) is 11.5. The summed E-state index contributed by atoms with van der Waals surface area (Å²) in [6, 6.07) is 23.4. The highest BCUT2D eigenvalue weighted by Crippen LogP contribution is 2.35. The van der Waals surface area contributed by atoms with E-state index in [4.69, 9.17) is 11.6 Å². The minimum atomic E-state index is -4.48. The predicted molar refractivity (Wildman–Crippen MR) is 158 cm³/mol. The third kappa shape index (κ3) is 5.72. The van der Waals surface area contributed by atoms with Crippen molar-refractivity contribution in [1.29, 1.82) is 0 Å². The Morgan fingerprint density at radius 3 is 2.07 bits per heavy atom. The molecule has 4 aromatic rings. The quantitative estimate of drug-likeness (QED) is 0.224. The van der Waals surface area contributed by atoms with E-state index in [1.807, 2.05) is 0 Å². The highest BCUT2D eigenvalue weighted by molar-refractivity contribution is 7.93. The van der Waals surface area contributed by atoms with E-state index in [1.165, 1.54) is 41.3 Å². The standard InChI is InChI=1S/C28H23ClN4O7S2/c29-20-10-14-24(15-11-20)41(37,38)30-18-23-19-31(21-6-2-1-3-7-21)28(34)26-8-4-5-9-27(26)32(23)42(39,40)25-16-12-22(13-17-25)33(35)36/h1-17,23,30H,18-19H2. The molecule has 0 bridgehead atoms. The van der Waals surface area contributed by atoms with Gasteiger partial charge in [0, 0.05) is 35.9 Å². The molecule has 4 aromatic carbocycles.